The van der Waals surface area contributed by atoms with Gasteiger partial charge in [-0.2, -0.15) is 0 Å². The minimum atomic E-state index is -0.438. The number of nitrogens with two attached hydrogens (primary N) is 2. The molecule has 0 radical (unpaired) electrons. The summed E-state index contributed by atoms with van der Waals surface area (Å²) in [6, 6.07) is 12.5. The number of rotatable bonds is 4. The summed E-state index contributed by atoms with van der Waals surface area (Å²) in [5.41, 5.74) is 13.6. The number of carbonyl (C=O) groups is 1. The number of aromatic nitrogens is 1. The van der Waals surface area contributed by atoms with E-state index < -0.39 is 5.91 Å². The molecule has 3 rings (SSSR count). The lowest BCUT2D eigenvalue weighted by Gasteiger charge is -2.12. The fourth-order valence-corrected chi connectivity index (χ4v) is 2.74. The van der Waals surface area contributed by atoms with E-state index >= 15 is 0 Å². The van der Waals surface area contributed by atoms with Gasteiger partial charge in [0.1, 0.15) is 18.1 Å². The SMILES string of the molecule is CN(C(=N)N)C(=O)c1cc2c(Cl)ccc(OCc3cccc(N)c3)c2[nH]1.Cl. The van der Waals surface area contributed by atoms with Crippen molar-refractivity contribution in [1.82, 2.24) is 9.88 Å². The number of amides is 1. The Morgan fingerprint density at radius 2 is 2.04 bits per heavy atom. The molecule has 0 saturated carbocycles. The van der Waals surface area contributed by atoms with Gasteiger partial charge in [-0.05, 0) is 35.9 Å². The van der Waals surface area contributed by atoms with Crippen LogP contribution in [0.2, 0.25) is 5.02 Å². The molecule has 0 aliphatic heterocycles. The Morgan fingerprint density at radius 3 is 2.70 bits per heavy atom. The van der Waals surface area contributed by atoms with Crippen LogP contribution in [-0.2, 0) is 6.61 Å². The first-order valence-corrected chi connectivity index (χ1v) is 8.15. The number of anilines is 1. The highest BCUT2D eigenvalue weighted by molar-refractivity contribution is 6.35. The molecule has 0 unspecified atom stereocenters. The molecule has 9 heteroatoms. The Morgan fingerprint density at radius 1 is 1.30 bits per heavy atom. The van der Waals surface area contributed by atoms with E-state index in [9.17, 15) is 4.79 Å². The number of halogens is 2. The predicted octanol–water partition coefficient (Wildman–Crippen LogP) is 3.37. The van der Waals surface area contributed by atoms with E-state index in [0.717, 1.165) is 10.5 Å². The first-order chi connectivity index (χ1) is 12.4. The van der Waals surface area contributed by atoms with Gasteiger partial charge < -0.3 is 21.2 Å². The summed E-state index contributed by atoms with van der Waals surface area (Å²) in [6.45, 7) is 0.317. The molecule has 0 fully saturated rings. The second-order valence-corrected chi connectivity index (χ2v) is 6.21. The van der Waals surface area contributed by atoms with Crippen LogP contribution in [0.5, 0.6) is 5.75 Å². The van der Waals surface area contributed by atoms with Gasteiger partial charge >= 0.3 is 0 Å². The van der Waals surface area contributed by atoms with E-state index in [0.29, 0.717) is 34.0 Å². The van der Waals surface area contributed by atoms with Gasteiger partial charge in [-0.1, -0.05) is 23.7 Å². The number of nitrogens with one attached hydrogen (secondary N) is 2. The largest absolute Gasteiger partial charge is 0.487 e. The number of fused-ring (bicyclic) bond motifs is 1. The van der Waals surface area contributed by atoms with Crippen LogP contribution in [0.4, 0.5) is 5.69 Å². The van der Waals surface area contributed by atoms with E-state index in [1.165, 1.54) is 7.05 Å². The molecule has 27 heavy (non-hydrogen) atoms. The smallest absolute Gasteiger partial charge is 0.276 e. The molecule has 1 heterocycles. The van der Waals surface area contributed by atoms with Crippen molar-refractivity contribution in [2.24, 2.45) is 5.73 Å². The van der Waals surface area contributed by atoms with Crippen molar-refractivity contribution in [3.05, 3.63) is 58.7 Å². The molecule has 1 aromatic heterocycles. The van der Waals surface area contributed by atoms with Gasteiger partial charge in [-0.15, -0.1) is 12.4 Å². The van der Waals surface area contributed by atoms with E-state index in [1.54, 1.807) is 24.3 Å². The molecule has 0 spiro atoms. The third-order valence-corrected chi connectivity index (χ3v) is 4.27. The van der Waals surface area contributed by atoms with Crippen LogP contribution in [-0.4, -0.2) is 28.8 Å². The van der Waals surface area contributed by atoms with E-state index in [-0.39, 0.29) is 24.1 Å². The Labute approximate surface area is 167 Å². The summed E-state index contributed by atoms with van der Waals surface area (Å²) in [5.74, 6) is -0.235. The van der Waals surface area contributed by atoms with E-state index in [2.05, 4.69) is 4.98 Å². The van der Waals surface area contributed by atoms with Crippen LogP contribution in [0.15, 0.2) is 42.5 Å². The number of nitrogen functional groups attached to an aromatic ring is 1. The summed E-state index contributed by atoms with van der Waals surface area (Å²) >= 11 is 6.24. The van der Waals surface area contributed by atoms with Gasteiger partial charge in [0, 0.05) is 18.1 Å². The minimum absolute atomic E-state index is 0. The van der Waals surface area contributed by atoms with Gasteiger partial charge in [-0.3, -0.25) is 15.1 Å². The molecule has 2 aromatic carbocycles. The molecule has 142 valence electrons. The Kier molecular flexibility index (Phi) is 6.20. The highest BCUT2D eigenvalue weighted by Crippen LogP contribution is 2.32. The molecular formula is C18H19Cl2N5O2. The summed E-state index contributed by atoms with van der Waals surface area (Å²) in [5, 5.41) is 8.52. The molecule has 6 N–H and O–H groups in total. The van der Waals surface area contributed by atoms with Crippen LogP contribution in [0.3, 0.4) is 0 Å². The second kappa shape index (κ2) is 8.20. The average molecular weight is 408 g/mol. The lowest BCUT2D eigenvalue weighted by Crippen LogP contribution is -2.38. The first-order valence-electron chi connectivity index (χ1n) is 7.77. The molecule has 0 saturated heterocycles. The lowest BCUT2D eigenvalue weighted by atomic mass is 10.2. The molecule has 0 aliphatic rings. The van der Waals surface area contributed by atoms with Crippen molar-refractivity contribution in [1.29, 1.82) is 5.41 Å². The van der Waals surface area contributed by atoms with Crippen molar-refractivity contribution < 1.29 is 9.53 Å². The number of ether oxygens (including phenoxy) is 1. The maximum atomic E-state index is 12.4. The van der Waals surface area contributed by atoms with Gasteiger partial charge in [-0.25, -0.2) is 0 Å². The fourth-order valence-electron chi connectivity index (χ4n) is 2.53. The van der Waals surface area contributed by atoms with Gasteiger partial charge in [0.2, 0.25) is 0 Å². The van der Waals surface area contributed by atoms with E-state index in [1.807, 2.05) is 18.2 Å². The zero-order valence-corrected chi connectivity index (χ0v) is 16.0. The standard InChI is InChI=1S/C18H18ClN5O2.ClH/c1-24(18(21)22)17(25)14-8-12-13(19)5-6-15(16(12)23-14)26-9-10-3-2-4-11(20)7-10;/h2-8,23H,9,20H2,1H3,(H3,21,22);1H. The lowest BCUT2D eigenvalue weighted by molar-refractivity contribution is 0.0864. The molecule has 0 aliphatic carbocycles. The predicted molar refractivity (Wildman–Crippen MR) is 110 cm³/mol. The quantitative estimate of drug-likeness (QED) is 0.300. The Bertz CT molecular complexity index is 1000. The Balaban J connectivity index is 0.00000261. The maximum Gasteiger partial charge on any atom is 0.276 e. The van der Waals surface area contributed by atoms with Crippen molar-refractivity contribution in [2.45, 2.75) is 6.61 Å². The third-order valence-electron chi connectivity index (χ3n) is 3.94. The number of aromatic amines is 1. The van der Waals surface area contributed by atoms with Gasteiger partial charge in [0.25, 0.3) is 5.91 Å². The van der Waals surface area contributed by atoms with Crippen molar-refractivity contribution in [3.8, 4) is 5.75 Å². The van der Waals surface area contributed by atoms with E-state index in [4.69, 9.17) is 33.2 Å². The summed E-state index contributed by atoms with van der Waals surface area (Å²) in [6.07, 6.45) is 0. The number of hydrogen-bond acceptors (Lipinski definition) is 4. The van der Waals surface area contributed by atoms with Crippen molar-refractivity contribution in [2.75, 3.05) is 12.8 Å². The second-order valence-electron chi connectivity index (χ2n) is 5.80. The van der Waals surface area contributed by atoms with Crippen LogP contribution in [0.1, 0.15) is 16.1 Å². The highest BCUT2D eigenvalue weighted by Gasteiger charge is 2.19. The summed E-state index contributed by atoms with van der Waals surface area (Å²) in [7, 11) is 1.43. The fraction of sp³-hybridized carbons (Fsp3) is 0.111. The third kappa shape index (κ3) is 4.27. The number of guanidine groups is 1. The van der Waals surface area contributed by atoms with Crippen molar-refractivity contribution >= 4 is 52.5 Å². The molecule has 7 nitrogen and oxygen atoms in total. The minimum Gasteiger partial charge on any atom is -0.487 e. The topological polar surface area (TPSA) is 121 Å². The normalized spacial score (nSPS) is 10.3. The number of nitrogens with zero attached hydrogens (tertiary/aromatic N) is 1. The number of H-pyrrole nitrogens is 1. The Hall–Kier alpha value is -2.90. The maximum absolute atomic E-state index is 12.4. The zero-order valence-electron chi connectivity index (χ0n) is 14.5. The molecule has 1 amide bonds. The highest BCUT2D eigenvalue weighted by atomic mass is 35.5. The van der Waals surface area contributed by atoms with Gasteiger partial charge in [0.05, 0.1) is 10.5 Å². The number of carbonyl (C=O) groups excluding carboxylic acids is 1. The summed E-state index contributed by atoms with van der Waals surface area (Å²) < 4.78 is 5.88. The van der Waals surface area contributed by atoms with Crippen LogP contribution in [0.25, 0.3) is 10.9 Å². The van der Waals surface area contributed by atoms with Crippen LogP contribution < -0.4 is 16.2 Å². The monoisotopic (exact) mass is 407 g/mol. The van der Waals surface area contributed by atoms with Crippen LogP contribution in [0, 0.1) is 5.41 Å². The number of hydrogen-bond donors (Lipinski definition) is 4. The first kappa shape index (κ1) is 20.4. The van der Waals surface area contributed by atoms with Crippen LogP contribution >= 0.6 is 24.0 Å². The molecule has 3 aromatic rings. The molecule has 0 atom stereocenters. The molecule has 0 bridgehead atoms. The summed E-state index contributed by atoms with van der Waals surface area (Å²) in [4.78, 5) is 16.4. The zero-order chi connectivity index (χ0) is 18.8. The number of benzene rings is 2. The van der Waals surface area contributed by atoms with Gasteiger partial charge in [0.15, 0.2) is 5.96 Å². The molecular weight excluding hydrogens is 389 g/mol. The average Bonchev–Trinajstić information content (AvgIpc) is 3.06. The van der Waals surface area contributed by atoms with Crippen molar-refractivity contribution in [3.63, 3.8) is 0 Å².